The van der Waals surface area contributed by atoms with Crippen LogP contribution in [0.5, 0.6) is 0 Å². The number of halogens is 2. The van der Waals surface area contributed by atoms with Gasteiger partial charge in [0.25, 0.3) is 6.43 Å². The lowest BCUT2D eigenvalue weighted by Crippen LogP contribution is -2.46. The second kappa shape index (κ2) is 6.35. The van der Waals surface area contributed by atoms with Gasteiger partial charge >= 0.3 is 6.03 Å². The minimum absolute atomic E-state index is 0.0223. The Balaban J connectivity index is 1.69. The highest BCUT2D eigenvalue weighted by Gasteiger charge is 2.39. The number of hydrogen-bond acceptors (Lipinski definition) is 3. The van der Waals surface area contributed by atoms with E-state index in [2.05, 4.69) is 20.6 Å². The molecule has 130 valence electrons. The minimum atomic E-state index is -2.67. The van der Waals surface area contributed by atoms with Crippen LogP contribution in [0.15, 0.2) is 18.2 Å². The molecule has 24 heavy (non-hydrogen) atoms. The molecule has 2 amide bonds. The van der Waals surface area contributed by atoms with E-state index < -0.39 is 12.2 Å². The van der Waals surface area contributed by atoms with Crippen molar-refractivity contribution in [3.05, 3.63) is 24.0 Å². The molecule has 4 N–H and O–H groups in total. The first-order chi connectivity index (χ1) is 11.4. The van der Waals surface area contributed by atoms with Gasteiger partial charge in [0.05, 0.1) is 17.6 Å². The van der Waals surface area contributed by atoms with Crippen molar-refractivity contribution in [2.75, 3.05) is 11.9 Å². The van der Waals surface area contributed by atoms with Crippen molar-refractivity contribution in [1.29, 1.82) is 0 Å². The molecule has 0 bridgehead atoms. The number of aliphatic hydroxyl groups is 1. The number of aliphatic hydroxyl groups excluding tert-OH is 1. The normalized spacial score (nSPS) is 23.8. The van der Waals surface area contributed by atoms with E-state index in [0.29, 0.717) is 16.7 Å². The van der Waals surface area contributed by atoms with Crippen molar-refractivity contribution in [3.8, 4) is 0 Å². The van der Waals surface area contributed by atoms with Gasteiger partial charge in [-0.3, -0.25) is 0 Å². The highest BCUT2D eigenvalue weighted by molar-refractivity contribution is 5.92. The van der Waals surface area contributed by atoms with Crippen molar-refractivity contribution in [3.63, 3.8) is 0 Å². The van der Waals surface area contributed by atoms with Gasteiger partial charge < -0.3 is 20.7 Å². The summed E-state index contributed by atoms with van der Waals surface area (Å²) in [5.74, 6) is -0.392. The quantitative estimate of drug-likeness (QED) is 0.690. The molecule has 1 saturated carbocycles. The number of nitrogens with zero attached hydrogens (tertiary/aromatic N) is 1. The van der Waals surface area contributed by atoms with E-state index in [1.165, 1.54) is 0 Å². The standard InChI is InChI=1S/C16H20F2N4O2/c1-16(8-23)6-2-3-12(16)22-15(24)19-9-4-5-10-11(7-9)21-14(20-10)13(17)18/h4-5,7,12-13,23H,2-3,6,8H2,1H3,(H,20,21)(H2,19,22,24). The Hall–Kier alpha value is -2.22. The molecule has 2 atom stereocenters. The lowest BCUT2D eigenvalue weighted by molar-refractivity contribution is 0.122. The van der Waals surface area contributed by atoms with Crippen molar-refractivity contribution in [1.82, 2.24) is 15.3 Å². The smallest absolute Gasteiger partial charge is 0.319 e. The van der Waals surface area contributed by atoms with Crippen LogP contribution < -0.4 is 10.6 Å². The van der Waals surface area contributed by atoms with Crippen LogP contribution in [0, 0.1) is 5.41 Å². The van der Waals surface area contributed by atoms with E-state index in [0.717, 1.165) is 19.3 Å². The van der Waals surface area contributed by atoms with E-state index in [9.17, 15) is 18.7 Å². The number of aromatic amines is 1. The fourth-order valence-corrected chi connectivity index (χ4v) is 3.20. The third-order valence-corrected chi connectivity index (χ3v) is 4.71. The number of rotatable bonds is 4. The molecule has 1 aliphatic rings. The molecule has 3 rings (SSSR count). The summed E-state index contributed by atoms with van der Waals surface area (Å²) in [6, 6.07) is 4.27. The molecular weight excluding hydrogens is 318 g/mol. The predicted molar refractivity (Wildman–Crippen MR) is 86.0 cm³/mol. The number of alkyl halides is 2. The van der Waals surface area contributed by atoms with Gasteiger partial charge in [-0.05, 0) is 31.0 Å². The molecule has 1 aromatic carbocycles. The number of benzene rings is 1. The topological polar surface area (TPSA) is 90.0 Å². The Labute approximate surface area is 137 Å². The van der Waals surface area contributed by atoms with Crippen molar-refractivity contribution in [2.45, 2.75) is 38.7 Å². The molecule has 0 radical (unpaired) electrons. The summed E-state index contributed by atoms with van der Waals surface area (Å²) in [7, 11) is 0. The maximum absolute atomic E-state index is 12.7. The number of amides is 2. The summed E-state index contributed by atoms with van der Waals surface area (Å²) in [5, 5.41) is 15.1. The third kappa shape index (κ3) is 3.19. The summed E-state index contributed by atoms with van der Waals surface area (Å²) in [4.78, 5) is 18.5. The molecule has 0 aliphatic heterocycles. The summed E-state index contributed by atoms with van der Waals surface area (Å²) in [6.45, 7) is 1.97. The first-order valence-corrected chi connectivity index (χ1v) is 7.87. The number of fused-ring (bicyclic) bond motifs is 1. The maximum Gasteiger partial charge on any atom is 0.319 e. The number of carbonyl (C=O) groups excluding carboxylic acids is 1. The number of carbonyl (C=O) groups is 1. The van der Waals surface area contributed by atoms with Crippen LogP contribution in [0.3, 0.4) is 0 Å². The molecule has 6 nitrogen and oxygen atoms in total. The second-order valence-electron chi connectivity index (χ2n) is 6.51. The summed E-state index contributed by atoms with van der Waals surface area (Å²) >= 11 is 0. The van der Waals surface area contributed by atoms with Crippen molar-refractivity contribution < 1.29 is 18.7 Å². The summed E-state index contributed by atoms with van der Waals surface area (Å²) in [6.07, 6.45) is -0.0266. The van der Waals surface area contributed by atoms with Crippen LogP contribution in [0.4, 0.5) is 19.3 Å². The van der Waals surface area contributed by atoms with Gasteiger partial charge in [-0.15, -0.1) is 0 Å². The van der Waals surface area contributed by atoms with Crippen LogP contribution in [-0.2, 0) is 0 Å². The zero-order valence-corrected chi connectivity index (χ0v) is 13.3. The Morgan fingerprint density at radius 3 is 3.04 bits per heavy atom. The Morgan fingerprint density at radius 1 is 1.54 bits per heavy atom. The molecule has 8 heteroatoms. The van der Waals surface area contributed by atoms with E-state index in [4.69, 9.17) is 0 Å². The average molecular weight is 338 g/mol. The minimum Gasteiger partial charge on any atom is -0.396 e. The zero-order valence-electron chi connectivity index (χ0n) is 13.3. The van der Waals surface area contributed by atoms with Crippen molar-refractivity contribution >= 4 is 22.8 Å². The van der Waals surface area contributed by atoms with Crippen LogP contribution in [0.25, 0.3) is 11.0 Å². The molecule has 0 spiro atoms. The Kier molecular flexibility index (Phi) is 4.40. The molecule has 2 unspecified atom stereocenters. The molecule has 1 fully saturated rings. The van der Waals surface area contributed by atoms with E-state index in [-0.39, 0.29) is 24.1 Å². The van der Waals surface area contributed by atoms with Crippen LogP contribution in [0.2, 0.25) is 0 Å². The van der Waals surface area contributed by atoms with Crippen LogP contribution in [-0.4, -0.2) is 33.8 Å². The highest BCUT2D eigenvalue weighted by Crippen LogP contribution is 2.37. The van der Waals surface area contributed by atoms with E-state index >= 15 is 0 Å². The number of hydrogen-bond donors (Lipinski definition) is 4. The first kappa shape index (κ1) is 16.6. The largest absolute Gasteiger partial charge is 0.396 e. The molecule has 0 saturated heterocycles. The van der Waals surface area contributed by atoms with E-state index in [1.54, 1.807) is 18.2 Å². The van der Waals surface area contributed by atoms with Crippen LogP contribution >= 0.6 is 0 Å². The van der Waals surface area contributed by atoms with Gasteiger partial charge in [0, 0.05) is 17.1 Å². The average Bonchev–Trinajstić information content (AvgIpc) is 3.12. The van der Waals surface area contributed by atoms with Gasteiger partial charge in [0.2, 0.25) is 0 Å². The summed E-state index contributed by atoms with van der Waals surface area (Å²) in [5.41, 5.74) is 1.02. The lowest BCUT2D eigenvalue weighted by atomic mass is 9.86. The second-order valence-corrected chi connectivity index (χ2v) is 6.51. The van der Waals surface area contributed by atoms with Crippen LogP contribution in [0.1, 0.15) is 38.4 Å². The van der Waals surface area contributed by atoms with E-state index in [1.807, 2.05) is 6.92 Å². The van der Waals surface area contributed by atoms with Gasteiger partial charge in [-0.25, -0.2) is 18.6 Å². The number of nitrogens with one attached hydrogen (secondary N) is 3. The number of urea groups is 1. The SMILES string of the molecule is CC1(CO)CCCC1NC(=O)Nc1ccc2nc(C(F)F)[nH]c2c1. The number of anilines is 1. The predicted octanol–water partition coefficient (Wildman–Crippen LogP) is 3.17. The number of imidazole rings is 1. The molecular formula is C16H20F2N4O2. The first-order valence-electron chi connectivity index (χ1n) is 7.87. The van der Waals surface area contributed by atoms with Gasteiger partial charge in [-0.1, -0.05) is 13.3 Å². The number of aromatic nitrogens is 2. The van der Waals surface area contributed by atoms with Gasteiger partial charge in [0.1, 0.15) is 0 Å². The van der Waals surface area contributed by atoms with Gasteiger partial charge in [-0.2, -0.15) is 0 Å². The highest BCUT2D eigenvalue weighted by atomic mass is 19.3. The molecule has 2 aromatic rings. The van der Waals surface area contributed by atoms with Gasteiger partial charge in [0.15, 0.2) is 5.82 Å². The molecule has 1 heterocycles. The zero-order chi connectivity index (χ0) is 17.3. The fourth-order valence-electron chi connectivity index (χ4n) is 3.20. The Bertz CT molecular complexity index is 749. The van der Waals surface area contributed by atoms with Crippen molar-refractivity contribution in [2.24, 2.45) is 5.41 Å². The third-order valence-electron chi connectivity index (χ3n) is 4.71. The summed E-state index contributed by atoms with van der Waals surface area (Å²) < 4.78 is 25.3. The molecule has 1 aliphatic carbocycles. The molecule has 1 aromatic heterocycles. The lowest BCUT2D eigenvalue weighted by Gasteiger charge is -2.30. The number of H-pyrrole nitrogens is 1. The Morgan fingerprint density at radius 2 is 2.33 bits per heavy atom. The maximum atomic E-state index is 12.7. The monoisotopic (exact) mass is 338 g/mol. The fraction of sp³-hybridized carbons (Fsp3) is 0.500.